The highest BCUT2D eigenvalue weighted by Gasteiger charge is 2.70. The molecule has 2 bridgehead atoms. The fraction of sp³-hybridized carbons (Fsp3) is 0.553. The third-order valence-corrected chi connectivity index (χ3v) is 9.80. The molecule has 272 valence electrons. The van der Waals surface area contributed by atoms with Crippen LogP contribution >= 0.6 is 0 Å². The van der Waals surface area contributed by atoms with E-state index in [1.54, 1.807) is 90.1 Å². The number of carbonyl (C=O) groups excluding carboxylic acids is 5. The van der Waals surface area contributed by atoms with Crippen molar-refractivity contribution in [3.63, 3.8) is 0 Å². The van der Waals surface area contributed by atoms with E-state index in [0.717, 1.165) is 6.92 Å². The standard InChI is InChI=1S/C38H48O12/c1-11-21(2)33(42)48-31-32(46-25(6)40)38(44)35(8,9)18-17-22(3)30(45-24(5)39)37(49-26(7)41)19-23(4)29(28(37)20-36(31,10)50-38)47-34(43)27-15-13-12-14-16-27/h11-18,20,22-23,29-32,44H,19H2,1-10H3/b18-17+,21-11+,28-20+/t22-,23-,29+,30+,31-,32+,36-,37-,38-/m1/s1. The molecule has 0 spiro atoms. The Labute approximate surface area is 292 Å². The first-order chi connectivity index (χ1) is 23.2. The van der Waals surface area contributed by atoms with Gasteiger partial charge in [-0.2, -0.15) is 0 Å². The van der Waals surface area contributed by atoms with E-state index in [9.17, 15) is 29.1 Å². The highest BCUT2D eigenvalue weighted by molar-refractivity contribution is 5.90. The number of carbonyl (C=O) groups is 5. The average molecular weight is 697 g/mol. The fourth-order valence-electron chi connectivity index (χ4n) is 7.21. The number of hydrogen-bond donors (Lipinski definition) is 1. The van der Waals surface area contributed by atoms with Crippen molar-refractivity contribution in [1.82, 2.24) is 0 Å². The zero-order valence-electron chi connectivity index (χ0n) is 30.3. The maximum atomic E-state index is 13.6. The molecule has 1 aromatic rings. The molecule has 1 aromatic carbocycles. The molecule has 1 N–H and O–H groups in total. The summed E-state index contributed by atoms with van der Waals surface area (Å²) in [6.07, 6.45) is 1.08. The lowest BCUT2D eigenvalue weighted by atomic mass is 9.75. The number of rotatable bonds is 7. The van der Waals surface area contributed by atoms with Crippen molar-refractivity contribution in [3.05, 3.63) is 71.3 Å². The van der Waals surface area contributed by atoms with Crippen molar-refractivity contribution in [2.24, 2.45) is 17.3 Å². The topological polar surface area (TPSA) is 161 Å². The molecule has 3 aliphatic rings. The first kappa shape index (κ1) is 38.5. The number of allylic oxidation sites excluding steroid dienone is 1. The average Bonchev–Trinajstić information content (AvgIpc) is 3.39. The predicted molar refractivity (Wildman–Crippen MR) is 179 cm³/mol. The summed E-state index contributed by atoms with van der Waals surface area (Å²) in [6.45, 7) is 15.2. The van der Waals surface area contributed by atoms with Gasteiger partial charge in [0.1, 0.15) is 11.7 Å². The van der Waals surface area contributed by atoms with Gasteiger partial charge in [0.15, 0.2) is 23.9 Å². The molecular weight excluding hydrogens is 648 g/mol. The Kier molecular flexibility index (Phi) is 10.9. The Morgan fingerprint density at radius 3 is 2.00 bits per heavy atom. The van der Waals surface area contributed by atoms with Gasteiger partial charge >= 0.3 is 29.8 Å². The Morgan fingerprint density at radius 2 is 1.44 bits per heavy atom. The molecule has 1 saturated heterocycles. The van der Waals surface area contributed by atoms with Crippen molar-refractivity contribution in [1.29, 1.82) is 0 Å². The molecule has 1 aliphatic carbocycles. The van der Waals surface area contributed by atoms with E-state index in [1.165, 1.54) is 26.8 Å². The zero-order valence-corrected chi connectivity index (χ0v) is 30.3. The summed E-state index contributed by atoms with van der Waals surface area (Å²) in [5.74, 6) is -7.08. The van der Waals surface area contributed by atoms with Crippen molar-refractivity contribution in [3.8, 4) is 0 Å². The van der Waals surface area contributed by atoms with Crippen LogP contribution in [-0.4, -0.2) is 76.4 Å². The van der Waals surface area contributed by atoms with Crippen LogP contribution in [0.5, 0.6) is 0 Å². The Balaban J connectivity index is 2.11. The Bertz CT molecular complexity index is 1610. The van der Waals surface area contributed by atoms with E-state index in [0.29, 0.717) is 0 Å². The molecule has 12 heteroatoms. The number of fused-ring (bicyclic) bond motifs is 3. The van der Waals surface area contributed by atoms with Crippen LogP contribution in [0.25, 0.3) is 0 Å². The summed E-state index contributed by atoms with van der Waals surface area (Å²) in [6, 6.07) is 8.31. The van der Waals surface area contributed by atoms with Gasteiger partial charge in [-0.1, -0.05) is 64.1 Å². The second-order valence-corrected chi connectivity index (χ2v) is 14.2. The molecule has 0 amide bonds. The second kappa shape index (κ2) is 14.1. The van der Waals surface area contributed by atoms with Gasteiger partial charge in [0, 0.05) is 55.6 Å². The second-order valence-electron chi connectivity index (χ2n) is 14.2. The molecule has 0 aromatic heterocycles. The van der Waals surface area contributed by atoms with E-state index in [2.05, 4.69) is 0 Å². The smallest absolute Gasteiger partial charge is 0.338 e. The van der Waals surface area contributed by atoms with Crippen molar-refractivity contribution < 1.29 is 57.5 Å². The Morgan fingerprint density at radius 1 is 0.840 bits per heavy atom. The predicted octanol–water partition coefficient (Wildman–Crippen LogP) is 4.93. The third-order valence-electron chi connectivity index (χ3n) is 9.80. The van der Waals surface area contributed by atoms with Crippen molar-refractivity contribution in [2.75, 3.05) is 0 Å². The highest BCUT2D eigenvalue weighted by atomic mass is 16.7. The summed E-state index contributed by atoms with van der Waals surface area (Å²) in [4.78, 5) is 65.4. The minimum Gasteiger partial charge on any atom is -0.457 e. The van der Waals surface area contributed by atoms with Crippen molar-refractivity contribution >= 4 is 29.8 Å². The highest BCUT2D eigenvalue weighted by Crippen LogP contribution is 2.55. The number of benzene rings is 1. The maximum absolute atomic E-state index is 13.6. The summed E-state index contributed by atoms with van der Waals surface area (Å²) in [7, 11) is 0. The lowest BCUT2D eigenvalue weighted by molar-refractivity contribution is -0.285. The summed E-state index contributed by atoms with van der Waals surface area (Å²) < 4.78 is 36.7. The SMILES string of the molecule is C/C=C(\C)C(=O)O[C@@H]1[C@H](OC(C)=O)[C@@]2(O)O[C@]1(C)/C=C1\[C@@H](OC(=O)c3ccccc3)[C@H](C)C[C@]1(OC(C)=O)[C@@H](OC(C)=O)[C@H](C)/C=C/C2(C)C. The molecule has 2 aliphatic heterocycles. The Hall–Kier alpha value is -4.29. The largest absolute Gasteiger partial charge is 0.457 e. The van der Waals surface area contributed by atoms with Crippen LogP contribution in [0.3, 0.4) is 0 Å². The van der Waals surface area contributed by atoms with Gasteiger partial charge in [0.05, 0.1) is 5.56 Å². The van der Waals surface area contributed by atoms with Gasteiger partial charge in [-0.05, 0) is 39.0 Å². The molecule has 4 rings (SSSR count). The third kappa shape index (κ3) is 7.14. The van der Waals surface area contributed by atoms with Crippen LogP contribution in [0.1, 0.15) is 86.0 Å². The molecule has 2 fully saturated rings. The molecule has 50 heavy (non-hydrogen) atoms. The minimum absolute atomic E-state index is 0.0422. The van der Waals surface area contributed by atoms with Gasteiger partial charge in [0.2, 0.25) is 5.79 Å². The molecular formula is C38H48O12. The fourth-order valence-corrected chi connectivity index (χ4v) is 7.21. The quantitative estimate of drug-likeness (QED) is 0.177. The van der Waals surface area contributed by atoms with Gasteiger partial charge in [-0.25, -0.2) is 9.59 Å². The van der Waals surface area contributed by atoms with E-state index in [4.69, 9.17) is 28.4 Å². The number of esters is 5. The van der Waals surface area contributed by atoms with E-state index < -0.39 is 88.5 Å². The normalized spacial score (nSPS) is 36.4. The summed E-state index contributed by atoms with van der Waals surface area (Å²) in [5.41, 5.74) is -4.25. The van der Waals surface area contributed by atoms with Crippen molar-refractivity contribution in [2.45, 2.75) is 117 Å². The van der Waals surface area contributed by atoms with Gasteiger partial charge < -0.3 is 33.5 Å². The van der Waals surface area contributed by atoms with E-state index in [1.807, 2.05) is 0 Å². The van der Waals surface area contributed by atoms with Crippen LogP contribution in [0.15, 0.2) is 65.8 Å². The van der Waals surface area contributed by atoms with Gasteiger partial charge in [-0.3, -0.25) is 14.4 Å². The zero-order chi connectivity index (χ0) is 37.4. The van der Waals surface area contributed by atoms with Gasteiger partial charge in [-0.15, -0.1) is 0 Å². The molecule has 0 unspecified atom stereocenters. The first-order valence-electron chi connectivity index (χ1n) is 16.7. The first-order valence-corrected chi connectivity index (χ1v) is 16.7. The van der Waals surface area contributed by atoms with E-state index >= 15 is 0 Å². The minimum atomic E-state index is -2.32. The number of aliphatic hydroxyl groups is 1. The number of ether oxygens (including phenoxy) is 6. The monoisotopic (exact) mass is 696 g/mol. The van der Waals surface area contributed by atoms with Crippen LogP contribution in [0, 0.1) is 17.3 Å². The lowest BCUT2D eigenvalue weighted by Crippen LogP contribution is -2.56. The van der Waals surface area contributed by atoms with E-state index in [-0.39, 0.29) is 23.1 Å². The number of hydrogen-bond acceptors (Lipinski definition) is 12. The molecule has 0 radical (unpaired) electrons. The molecule has 12 nitrogen and oxygen atoms in total. The maximum Gasteiger partial charge on any atom is 0.338 e. The summed E-state index contributed by atoms with van der Waals surface area (Å²) >= 11 is 0. The molecule has 1 saturated carbocycles. The van der Waals surface area contributed by atoms with Crippen LogP contribution in [0.4, 0.5) is 0 Å². The molecule has 2 heterocycles. The van der Waals surface area contributed by atoms with Gasteiger partial charge in [0.25, 0.3) is 0 Å². The van der Waals surface area contributed by atoms with Crippen LogP contribution in [-0.2, 0) is 47.6 Å². The van der Waals surface area contributed by atoms with Crippen LogP contribution < -0.4 is 0 Å². The van der Waals surface area contributed by atoms with Crippen LogP contribution in [0.2, 0.25) is 0 Å². The summed E-state index contributed by atoms with van der Waals surface area (Å²) in [5, 5.41) is 12.5. The lowest BCUT2D eigenvalue weighted by Gasteiger charge is -2.41. The molecule has 9 atom stereocenters.